The fourth-order valence-corrected chi connectivity index (χ4v) is 3.52. The lowest BCUT2D eigenvalue weighted by atomic mass is 10.2. The Morgan fingerprint density at radius 3 is 2.80 bits per heavy atom. The predicted molar refractivity (Wildman–Crippen MR) is 104 cm³/mol. The van der Waals surface area contributed by atoms with Crippen molar-refractivity contribution in [3.8, 4) is 0 Å². The van der Waals surface area contributed by atoms with Crippen molar-refractivity contribution in [3.63, 3.8) is 0 Å². The first-order valence-electron chi connectivity index (χ1n) is 9.01. The molecule has 0 aromatic heterocycles. The minimum Gasteiger partial charge on any atom is -0.375 e. The van der Waals surface area contributed by atoms with Crippen LogP contribution in [0.15, 0.2) is 29.3 Å². The lowest BCUT2D eigenvalue weighted by Gasteiger charge is -2.36. The van der Waals surface area contributed by atoms with Crippen LogP contribution in [-0.2, 0) is 4.74 Å². The van der Waals surface area contributed by atoms with Crippen molar-refractivity contribution in [3.05, 3.63) is 29.3 Å². The van der Waals surface area contributed by atoms with Gasteiger partial charge in [0.25, 0.3) is 0 Å². The quantitative estimate of drug-likeness (QED) is 0.647. The predicted octanol–water partition coefficient (Wildman–Crippen LogP) is 1.50. The normalized spacial score (nSPS) is 23.1. The molecule has 1 unspecified atom stereocenters. The van der Waals surface area contributed by atoms with E-state index in [1.807, 2.05) is 18.2 Å². The van der Waals surface area contributed by atoms with Crippen LogP contribution in [0.1, 0.15) is 6.92 Å². The second-order valence-corrected chi connectivity index (χ2v) is 7.11. The van der Waals surface area contributed by atoms with Gasteiger partial charge in [-0.3, -0.25) is 9.89 Å². The highest BCUT2D eigenvalue weighted by Crippen LogP contribution is 2.20. The number of guanidine groups is 1. The molecule has 0 aliphatic carbocycles. The van der Waals surface area contributed by atoms with Gasteiger partial charge in [-0.05, 0) is 25.1 Å². The zero-order valence-electron chi connectivity index (χ0n) is 14.9. The Labute approximate surface area is 155 Å². The van der Waals surface area contributed by atoms with Crippen LogP contribution in [0.4, 0.5) is 5.69 Å². The Balaban J connectivity index is 1.41. The van der Waals surface area contributed by atoms with Gasteiger partial charge in [-0.25, -0.2) is 0 Å². The average Bonchev–Trinajstić information content (AvgIpc) is 2.62. The summed E-state index contributed by atoms with van der Waals surface area (Å²) in [7, 11) is 0. The van der Waals surface area contributed by atoms with Gasteiger partial charge in [0.2, 0.25) is 0 Å². The zero-order valence-corrected chi connectivity index (χ0v) is 15.7. The van der Waals surface area contributed by atoms with Crippen molar-refractivity contribution in [2.24, 2.45) is 10.7 Å². The van der Waals surface area contributed by atoms with Crippen molar-refractivity contribution in [1.82, 2.24) is 9.80 Å². The molecule has 0 bridgehead atoms. The molecule has 2 heterocycles. The number of morpholine rings is 1. The van der Waals surface area contributed by atoms with E-state index in [0.29, 0.717) is 5.96 Å². The Bertz CT molecular complexity index is 589. The molecule has 25 heavy (non-hydrogen) atoms. The molecule has 2 N–H and O–H groups in total. The summed E-state index contributed by atoms with van der Waals surface area (Å²) in [5, 5.41) is 0.794. The number of anilines is 1. The van der Waals surface area contributed by atoms with E-state index in [1.165, 1.54) is 5.69 Å². The third-order valence-electron chi connectivity index (χ3n) is 4.80. The van der Waals surface area contributed by atoms with Crippen LogP contribution in [-0.4, -0.2) is 80.8 Å². The fourth-order valence-electron chi connectivity index (χ4n) is 3.33. The highest BCUT2D eigenvalue weighted by atomic mass is 35.5. The van der Waals surface area contributed by atoms with E-state index in [2.05, 4.69) is 32.7 Å². The van der Waals surface area contributed by atoms with Crippen molar-refractivity contribution >= 4 is 23.2 Å². The van der Waals surface area contributed by atoms with E-state index < -0.39 is 0 Å². The topological polar surface area (TPSA) is 57.3 Å². The third-order valence-corrected chi connectivity index (χ3v) is 5.04. The Morgan fingerprint density at radius 2 is 2.08 bits per heavy atom. The summed E-state index contributed by atoms with van der Waals surface area (Å²) in [6.07, 6.45) is 0.224. The molecule has 0 saturated carbocycles. The highest BCUT2D eigenvalue weighted by molar-refractivity contribution is 6.30. The van der Waals surface area contributed by atoms with Crippen LogP contribution in [0.25, 0.3) is 0 Å². The summed E-state index contributed by atoms with van der Waals surface area (Å²) in [6.45, 7) is 10.3. The van der Waals surface area contributed by atoms with Gasteiger partial charge in [0.05, 0.1) is 19.3 Å². The molecule has 7 heteroatoms. The fraction of sp³-hybridized carbons (Fsp3) is 0.611. The van der Waals surface area contributed by atoms with Crippen molar-refractivity contribution < 1.29 is 4.74 Å². The maximum Gasteiger partial charge on any atom is 0.191 e. The maximum absolute atomic E-state index is 6.12. The van der Waals surface area contributed by atoms with Gasteiger partial charge < -0.3 is 20.3 Å². The van der Waals surface area contributed by atoms with Crippen LogP contribution >= 0.6 is 11.6 Å². The average molecular weight is 366 g/mol. The minimum atomic E-state index is 0.224. The van der Waals surface area contributed by atoms with Crippen LogP contribution in [0, 0.1) is 0 Å². The second kappa shape index (κ2) is 8.74. The Hall–Kier alpha value is -1.50. The van der Waals surface area contributed by atoms with Crippen LogP contribution < -0.4 is 10.6 Å². The highest BCUT2D eigenvalue weighted by Gasteiger charge is 2.19. The van der Waals surface area contributed by atoms with E-state index in [4.69, 9.17) is 22.1 Å². The number of ether oxygens (including phenoxy) is 1. The molecule has 0 spiro atoms. The smallest absolute Gasteiger partial charge is 0.191 e. The van der Waals surface area contributed by atoms with Gasteiger partial charge in [-0.1, -0.05) is 17.7 Å². The monoisotopic (exact) mass is 365 g/mol. The van der Waals surface area contributed by atoms with Gasteiger partial charge in [0.15, 0.2) is 5.96 Å². The zero-order chi connectivity index (χ0) is 17.6. The van der Waals surface area contributed by atoms with E-state index in [1.54, 1.807) is 0 Å². The van der Waals surface area contributed by atoms with Gasteiger partial charge in [-0.15, -0.1) is 0 Å². The molecule has 6 nitrogen and oxygen atoms in total. The van der Waals surface area contributed by atoms with Crippen molar-refractivity contribution in [1.29, 1.82) is 0 Å². The molecule has 138 valence electrons. The molecular weight excluding hydrogens is 338 g/mol. The summed E-state index contributed by atoms with van der Waals surface area (Å²) in [4.78, 5) is 11.5. The lowest BCUT2D eigenvalue weighted by Crippen LogP contribution is -2.49. The molecule has 3 rings (SSSR count). The summed E-state index contributed by atoms with van der Waals surface area (Å²) in [5.74, 6) is 0.646. The number of nitrogens with zero attached hydrogens (tertiary/aromatic N) is 4. The molecule has 1 aromatic carbocycles. The molecule has 0 amide bonds. The number of rotatable bonds is 4. The first-order valence-corrected chi connectivity index (χ1v) is 9.39. The number of benzene rings is 1. The lowest BCUT2D eigenvalue weighted by molar-refractivity contribution is 0.00528. The number of hydrogen-bond donors (Lipinski definition) is 1. The largest absolute Gasteiger partial charge is 0.375 e. The molecule has 2 aliphatic heterocycles. The number of hydrogen-bond acceptors (Lipinski definition) is 4. The molecule has 2 fully saturated rings. The van der Waals surface area contributed by atoms with E-state index in [9.17, 15) is 0 Å². The molecular formula is C18H28ClN5O. The maximum atomic E-state index is 6.12. The molecule has 1 aromatic rings. The number of piperazine rings is 1. The van der Waals surface area contributed by atoms with Crippen LogP contribution in [0.2, 0.25) is 5.02 Å². The van der Waals surface area contributed by atoms with Gasteiger partial charge in [-0.2, -0.15) is 0 Å². The summed E-state index contributed by atoms with van der Waals surface area (Å²) in [5.41, 5.74) is 7.32. The summed E-state index contributed by atoms with van der Waals surface area (Å²) >= 11 is 6.09. The molecule has 0 radical (unpaired) electrons. The molecule has 2 saturated heterocycles. The second-order valence-electron chi connectivity index (χ2n) is 6.68. The van der Waals surface area contributed by atoms with Gasteiger partial charge in [0.1, 0.15) is 0 Å². The Morgan fingerprint density at radius 1 is 1.28 bits per heavy atom. The standard InChI is InChI=1S/C18H28ClN5O/c1-15-14-24(11-12-25-15)18(20)21-5-6-22-7-9-23(10-8-22)17-4-2-3-16(19)13-17/h2-4,13,15H,5-12,14H2,1H3,(H2,20,21). The number of nitrogens with two attached hydrogens (primary N) is 1. The Kier molecular flexibility index (Phi) is 6.39. The van der Waals surface area contributed by atoms with E-state index in [0.717, 1.165) is 64.0 Å². The summed E-state index contributed by atoms with van der Waals surface area (Å²) < 4.78 is 5.54. The minimum absolute atomic E-state index is 0.224. The van der Waals surface area contributed by atoms with E-state index >= 15 is 0 Å². The van der Waals surface area contributed by atoms with Crippen molar-refractivity contribution in [2.45, 2.75) is 13.0 Å². The third kappa shape index (κ3) is 5.23. The first kappa shape index (κ1) is 18.3. The van der Waals surface area contributed by atoms with Crippen LogP contribution in [0.3, 0.4) is 0 Å². The number of aliphatic imine (C=N–C) groups is 1. The SMILES string of the molecule is CC1CN(C(N)=NCCN2CCN(c3cccc(Cl)c3)CC2)CCO1. The van der Waals surface area contributed by atoms with Crippen LogP contribution in [0.5, 0.6) is 0 Å². The summed E-state index contributed by atoms with van der Waals surface area (Å²) in [6, 6.07) is 8.08. The van der Waals surface area contributed by atoms with Gasteiger partial charge >= 0.3 is 0 Å². The molecule has 2 aliphatic rings. The van der Waals surface area contributed by atoms with Crippen molar-refractivity contribution in [2.75, 3.05) is 63.9 Å². The number of halogens is 1. The van der Waals surface area contributed by atoms with E-state index in [-0.39, 0.29) is 6.10 Å². The first-order chi connectivity index (χ1) is 12.1. The van der Waals surface area contributed by atoms with Gasteiger partial charge in [0, 0.05) is 56.5 Å². The molecule has 1 atom stereocenters.